The highest BCUT2D eigenvalue weighted by Crippen LogP contribution is 2.14. The summed E-state index contributed by atoms with van der Waals surface area (Å²) in [6.45, 7) is 5.17. The summed E-state index contributed by atoms with van der Waals surface area (Å²) in [6, 6.07) is 8.42. The molecule has 0 bridgehead atoms. The molecule has 1 heterocycles. The van der Waals surface area contributed by atoms with Gasteiger partial charge in [0, 0.05) is 13.0 Å². The largest absolute Gasteiger partial charge is 0.356 e. The normalized spacial score (nSPS) is 16.1. The summed E-state index contributed by atoms with van der Waals surface area (Å²) in [5.74, 6) is 0.966. The molecule has 0 unspecified atom stereocenters. The molecule has 3 heteroatoms. The first-order chi connectivity index (χ1) is 9.74. The molecule has 1 aliphatic heterocycles. The molecule has 110 valence electrons. The second kappa shape index (κ2) is 8.05. The molecule has 0 atom stereocenters. The maximum absolute atomic E-state index is 11.8. The van der Waals surface area contributed by atoms with Gasteiger partial charge in [0.25, 0.3) is 0 Å². The number of hydrogen-bond acceptors (Lipinski definition) is 2. The zero-order valence-electron chi connectivity index (χ0n) is 12.5. The molecular formula is C17H26N2O. The van der Waals surface area contributed by atoms with E-state index in [-0.39, 0.29) is 5.91 Å². The van der Waals surface area contributed by atoms with Crippen molar-refractivity contribution in [1.29, 1.82) is 0 Å². The lowest BCUT2D eigenvalue weighted by molar-refractivity contribution is -0.121. The number of aryl methyl sites for hydroxylation is 2. The fraction of sp³-hybridized carbons (Fsp3) is 0.588. The average Bonchev–Trinajstić information content (AvgIpc) is 2.48. The van der Waals surface area contributed by atoms with E-state index in [1.165, 1.54) is 24.0 Å². The van der Waals surface area contributed by atoms with Crippen molar-refractivity contribution in [3.8, 4) is 0 Å². The van der Waals surface area contributed by atoms with Gasteiger partial charge in [-0.1, -0.05) is 29.8 Å². The molecule has 0 spiro atoms. The van der Waals surface area contributed by atoms with E-state index in [0.29, 0.717) is 6.42 Å². The highest BCUT2D eigenvalue weighted by molar-refractivity contribution is 5.76. The van der Waals surface area contributed by atoms with Gasteiger partial charge in [-0.25, -0.2) is 0 Å². The molecule has 0 aliphatic carbocycles. The number of amides is 1. The molecule has 2 N–H and O–H groups in total. The fourth-order valence-corrected chi connectivity index (χ4v) is 2.69. The molecule has 1 saturated heterocycles. The monoisotopic (exact) mass is 274 g/mol. The minimum absolute atomic E-state index is 0.180. The smallest absolute Gasteiger partial charge is 0.220 e. The zero-order chi connectivity index (χ0) is 14.2. The van der Waals surface area contributed by atoms with Crippen LogP contribution in [0.4, 0.5) is 0 Å². The quantitative estimate of drug-likeness (QED) is 0.836. The van der Waals surface area contributed by atoms with Crippen molar-refractivity contribution in [2.45, 2.75) is 39.0 Å². The highest BCUT2D eigenvalue weighted by atomic mass is 16.1. The van der Waals surface area contributed by atoms with Crippen molar-refractivity contribution >= 4 is 5.91 Å². The van der Waals surface area contributed by atoms with E-state index in [4.69, 9.17) is 0 Å². The lowest BCUT2D eigenvalue weighted by Crippen LogP contribution is -2.31. The van der Waals surface area contributed by atoms with Gasteiger partial charge in [-0.05, 0) is 57.2 Å². The maximum atomic E-state index is 11.8. The maximum Gasteiger partial charge on any atom is 0.220 e. The van der Waals surface area contributed by atoms with Gasteiger partial charge in [0.05, 0.1) is 0 Å². The van der Waals surface area contributed by atoms with Gasteiger partial charge >= 0.3 is 0 Å². The van der Waals surface area contributed by atoms with E-state index >= 15 is 0 Å². The summed E-state index contributed by atoms with van der Waals surface area (Å²) in [5, 5.41) is 6.42. The van der Waals surface area contributed by atoms with Gasteiger partial charge in [-0.2, -0.15) is 0 Å². The van der Waals surface area contributed by atoms with E-state index in [1.54, 1.807) is 0 Å². The third kappa shape index (κ3) is 5.33. The first-order valence-corrected chi connectivity index (χ1v) is 7.77. The average molecular weight is 274 g/mol. The van der Waals surface area contributed by atoms with Crippen molar-refractivity contribution in [3.05, 3.63) is 35.4 Å². The van der Waals surface area contributed by atoms with Crippen LogP contribution in [0.1, 0.15) is 36.8 Å². The third-order valence-electron chi connectivity index (χ3n) is 4.09. The molecule has 1 aliphatic rings. The van der Waals surface area contributed by atoms with E-state index in [9.17, 15) is 4.79 Å². The minimum Gasteiger partial charge on any atom is -0.356 e. The lowest BCUT2D eigenvalue weighted by Gasteiger charge is -2.22. The second-order valence-electron chi connectivity index (χ2n) is 5.82. The summed E-state index contributed by atoms with van der Waals surface area (Å²) in [6.07, 6.45) is 5.05. The van der Waals surface area contributed by atoms with Gasteiger partial charge in [0.15, 0.2) is 0 Å². The van der Waals surface area contributed by atoms with Crippen molar-refractivity contribution in [2.75, 3.05) is 19.6 Å². The first-order valence-electron chi connectivity index (χ1n) is 7.77. The first kappa shape index (κ1) is 15.0. The second-order valence-corrected chi connectivity index (χ2v) is 5.82. The van der Waals surface area contributed by atoms with Crippen LogP contribution in [0.3, 0.4) is 0 Å². The molecule has 0 radical (unpaired) electrons. The Balaban J connectivity index is 1.59. The number of hydrogen-bond donors (Lipinski definition) is 2. The summed E-state index contributed by atoms with van der Waals surface area (Å²) < 4.78 is 0. The number of nitrogens with one attached hydrogen (secondary N) is 2. The number of benzene rings is 1. The van der Waals surface area contributed by atoms with Gasteiger partial charge in [0.1, 0.15) is 0 Å². The summed E-state index contributed by atoms with van der Waals surface area (Å²) in [4.78, 5) is 11.8. The van der Waals surface area contributed by atoms with E-state index in [0.717, 1.165) is 38.4 Å². The summed E-state index contributed by atoms with van der Waals surface area (Å²) >= 11 is 0. The van der Waals surface area contributed by atoms with Crippen LogP contribution in [0, 0.1) is 12.8 Å². The molecule has 1 amide bonds. The van der Waals surface area contributed by atoms with Gasteiger partial charge in [-0.3, -0.25) is 4.79 Å². The summed E-state index contributed by atoms with van der Waals surface area (Å²) in [5.41, 5.74) is 2.50. The molecule has 1 aromatic carbocycles. The Morgan fingerprint density at radius 2 is 1.95 bits per heavy atom. The summed E-state index contributed by atoms with van der Waals surface area (Å²) in [7, 11) is 0. The van der Waals surface area contributed by atoms with E-state index in [1.807, 2.05) is 0 Å². The third-order valence-corrected chi connectivity index (χ3v) is 4.09. The van der Waals surface area contributed by atoms with Crippen LogP contribution in [0.25, 0.3) is 0 Å². The topological polar surface area (TPSA) is 41.1 Å². The number of carbonyl (C=O) groups is 1. The van der Waals surface area contributed by atoms with Crippen LogP contribution < -0.4 is 10.6 Å². The number of carbonyl (C=O) groups excluding carboxylic acids is 1. The Labute approximate surface area is 122 Å². The standard InChI is InChI=1S/C17H26N2O/c1-14-2-4-15(5-3-14)6-7-17(20)19-13-10-16-8-11-18-12-9-16/h2-5,16,18H,6-13H2,1H3,(H,19,20). The minimum atomic E-state index is 0.180. The van der Waals surface area contributed by atoms with E-state index in [2.05, 4.69) is 41.8 Å². The molecule has 1 fully saturated rings. The fourth-order valence-electron chi connectivity index (χ4n) is 2.69. The predicted octanol–water partition coefficient (Wildman–Crippen LogP) is 2.43. The van der Waals surface area contributed by atoms with Crippen molar-refractivity contribution in [2.24, 2.45) is 5.92 Å². The van der Waals surface area contributed by atoms with Crippen LogP contribution in [0.5, 0.6) is 0 Å². The van der Waals surface area contributed by atoms with Gasteiger partial charge in [0.2, 0.25) is 5.91 Å². The van der Waals surface area contributed by atoms with Gasteiger partial charge < -0.3 is 10.6 Å². The SMILES string of the molecule is Cc1ccc(CCC(=O)NCCC2CCNCC2)cc1. The van der Waals surface area contributed by atoms with Crippen LogP contribution in [-0.2, 0) is 11.2 Å². The van der Waals surface area contributed by atoms with Crippen LogP contribution in [-0.4, -0.2) is 25.5 Å². The predicted molar refractivity (Wildman–Crippen MR) is 82.7 cm³/mol. The molecular weight excluding hydrogens is 248 g/mol. The molecule has 0 saturated carbocycles. The molecule has 0 aromatic heterocycles. The van der Waals surface area contributed by atoms with Gasteiger partial charge in [-0.15, -0.1) is 0 Å². The molecule has 1 aromatic rings. The number of rotatable bonds is 6. The molecule has 20 heavy (non-hydrogen) atoms. The molecule has 2 rings (SSSR count). The Bertz CT molecular complexity index is 408. The number of piperidine rings is 1. The lowest BCUT2D eigenvalue weighted by atomic mass is 9.95. The zero-order valence-corrected chi connectivity index (χ0v) is 12.5. The van der Waals surface area contributed by atoms with Crippen molar-refractivity contribution < 1.29 is 4.79 Å². The van der Waals surface area contributed by atoms with Crippen LogP contribution in [0.15, 0.2) is 24.3 Å². The Hall–Kier alpha value is -1.35. The van der Waals surface area contributed by atoms with Crippen LogP contribution >= 0.6 is 0 Å². The Morgan fingerprint density at radius 1 is 1.25 bits per heavy atom. The molecule has 3 nitrogen and oxygen atoms in total. The van der Waals surface area contributed by atoms with E-state index < -0.39 is 0 Å². The van der Waals surface area contributed by atoms with Crippen LogP contribution in [0.2, 0.25) is 0 Å². The Morgan fingerprint density at radius 3 is 2.65 bits per heavy atom. The van der Waals surface area contributed by atoms with Crippen molar-refractivity contribution in [1.82, 2.24) is 10.6 Å². The van der Waals surface area contributed by atoms with Crippen molar-refractivity contribution in [3.63, 3.8) is 0 Å². The highest BCUT2D eigenvalue weighted by Gasteiger charge is 2.12. The Kier molecular flexibility index (Phi) is 6.06.